The molecule has 1 saturated heterocycles. The molecular formula is C6H7BrO2. The van der Waals surface area contributed by atoms with Crippen LogP contribution >= 0.6 is 15.9 Å². The van der Waals surface area contributed by atoms with E-state index in [1.54, 1.807) is 0 Å². The lowest BCUT2D eigenvalue weighted by atomic mass is 10.0. The molecule has 0 spiro atoms. The zero-order chi connectivity index (χ0) is 6.74. The van der Waals surface area contributed by atoms with E-state index in [9.17, 15) is 5.11 Å². The molecule has 0 atom stereocenters. The number of alkyl halides is 1. The number of rotatable bonds is 0. The summed E-state index contributed by atoms with van der Waals surface area (Å²) in [6.45, 7) is 0.708. The second-order valence-electron chi connectivity index (χ2n) is 1.96. The maximum atomic E-state index is 9.22. The average molecular weight is 191 g/mol. The number of ether oxygens (including phenoxy) is 1. The quantitative estimate of drug-likeness (QED) is 0.436. The fourth-order valence-corrected chi connectivity index (χ4v) is 0.706. The van der Waals surface area contributed by atoms with E-state index in [4.69, 9.17) is 4.74 Å². The molecule has 0 bridgehead atoms. The van der Waals surface area contributed by atoms with Gasteiger partial charge in [0.25, 0.3) is 0 Å². The van der Waals surface area contributed by atoms with Crippen LogP contribution in [0.4, 0.5) is 0 Å². The van der Waals surface area contributed by atoms with Gasteiger partial charge in [-0.05, 0) is 0 Å². The zero-order valence-corrected chi connectivity index (χ0v) is 6.44. The van der Waals surface area contributed by atoms with Crippen LogP contribution in [-0.4, -0.2) is 29.3 Å². The highest BCUT2D eigenvalue weighted by Gasteiger charge is 2.33. The number of aliphatic hydroxyl groups is 1. The second-order valence-corrected chi connectivity index (χ2v) is 2.52. The third kappa shape index (κ3) is 1.68. The fourth-order valence-electron chi connectivity index (χ4n) is 0.566. The van der Waals surface area contributed by atoms with Gasteiger partial charge in [-0.15, -0.1) is 0 Å². The SMILES string of the molecule is OC1(C#CCBr)COC1. The van der Waals surface area contributed by atoms with Crippen molar-refractivity contribution in [1.29, 1.82) is 0 Å². The summed E-state index contributed by atoms with van der Waals surface area (Å²) >= 11 is 3.13. The highest BCUT2D eigenvalue weighted by atomic mass is 79.9. The molecule has 1 heterocycles. The van der Waals surface area contributed by atoms with Crippen molar-refractivity contribution in [3.63, 3.8) is 0 Å². The molecule has 3 heteroatoms. The highest BCUT2D eigenvalue weighted by molar-refractivity contribution is 9.09. The summed E-state index contributed by atoms with van der Waals surface area (Å²) in [6, 6.07) is 0. The molecule has 0 saturated carbocycles. The minimum Gasteiger partial charge on any atom is -0.373 e. The molecular weight excluding hydrogens is 184 g/mol. The molecule has 0 unspecified atom stereocenters. The molecule has 0 amide bonds. The molecule has 1 fully saturated rings. The monoisotopic (exact) mass is 190 g/mol. The Morgan fingerprint density at radius 3 is 2.67 bits per heavy atom. The zero-order valence-electron chi connectivity index (χ0n) is 4.85. The van der Waals surface area contributed by atoms with Crippen LogP contribution in [0.2, 0.25) is 0 Å². The largest absolute Gasteiger partial charge is 0.373 e. The van der Waals surface area contributed by atoms with Gasteiger partial charge in [0.1, 0.15) is 0 Å². The van der Waals surface area contributed by atoms with E-state index >= 15 is 0 Å². The van der Waals surface area contributed by atoms with E-state index in [0.29, 0.717) is 18.5 Å². The number of hydrogen-bond acceptors (Lipinski definition) is 2. The maximum Gasteiger partial charge on any atom is 0.171 e. The molecule has 0 aromatic rings. The van der Waals surface area contributed by atoms with Crippen molar-refractivity contribution in [3.05, 3.63) is 0 Å². The minimum atomic E-state index is -0.840. The highest BCUT2D eigenvalue weighted by Crippen LogP contribution is 2.14. The first-order valence-corrected chi connectivity index (χ1v) is 3.75. The molecule has 1 aliphatic rings. The summed E-state index contributed by atoms with van der Waals surface area (Å²) in [5.41, 5.74) is -0.840. The van der Waals surface area contributed by atoms with E-state index in [2.05, 4.69) is 27.8 Å². The van der Waals surface area contributed by atoms with E-state index in [1.807, 2.05) is 0 Å². The van der Waals surface area contributed by atoms with Crippen LogP contribution in [0.15, 0.2) is 0 Å². The second kappa shape index (κ2) is 2.70. The summed E-state index contributed by atoms with van der Waals surface area (Å²) in [5, 5.41) is 9.83. The summed E-state index contributed by atoms with van der Waals surface area (Å²) in [5.74, 6) is 5.41. The van der Waals surface area contributed by atoms with Gasteiger partial charge in [0.2, 0.25) is 0 Å². The van der Waals surface area contributed by atoms with Crippen molar-refractivity contribution in [3.8, 4) is 11.8 Å². The predicted octanol–water partition coefficient (Wildman–Crippen LogP) is 0.146. The topological polar surface area (TPSA) is 29.5 Å². The first kappa shape index (κ1) is 7.07. The molecule has 0 aromatic heterocycles. The van der Waals surface area contributed by atoms with Crippen LogP contribution in [0.1, 0.15) is 0 Å². The summed E-state index contributed by atoms with van der Waals surface area (Å²) in [6.07, 6.45) is 0. The van der Waals surface area contributed by atoms with Gasteiger partial charge in [0.15, 0.2) is 5.60 Å². The Morgan fingerprint density at radius 2 is 2.33 bits per heavy atom. The van der Waals surface area contributed by atoms with Gasteiger partial charge >= 0.3 is 0 Å². The van der Waals surface area contributed by atoms with Gasteiger partial charge in [-0.2, -0.15) is 0 Å². The van der Waals surface area contributed by atoms with Crippen LogP contribution in [0.25, 0.3) is 0 Å². The summed E-state index contributed by atoms with van der Waals surface area (Å²) < 4.78 is 4.77. The third-order valence-corrected chi connectivity index (χ3v) is 1.35. The molecule has 1 aliphatic heterocycles. The van der Waals surface area contributed by atoms with E-state index in [0.717, 1.165) is 0 Å². The lowest BCUT2D eigenvalue weighted by Crippen LogP contribution is -2.48. The Morgan fingerprint density at radius 1 is 1.67 bits per heavy atom. The van der Waals surface area contributed by atoms with Gasteiger partial charge in [-0.1, -0.05) is 27.8 Å². The van der Waals surface area contributed by atoms with Gasteiger partial charge in [-0.25, -0.2) is 0 Å². The fraction of sp³-hybridized carbons (Fsp3) is 0.667. The van der Waals surface area contributed by atoms with Crippen molar-refractivity contribution < 1.29 is 9.84 Å². The first-order chi connectivity index (χ1) is 4.27. The smallest absolute Gasteiger partial charge is 0.171 e. The predicted molar refractivity (Wildman–Crippen MR) is 37.3 cm³/mol. The van der Waals surface area contributed by atoms with Crippen LogP contribution in [0, 0.1) is 11.8 Å². The molecule has 0 aromatic carbocycles. The lowest BCUT2D eigenvalue weighted by Gasteiger charge is -2.30. The number of halogens is 1. The van der Waals surface area contributed by atoms with E-state index in [1.165, 1.54) is 0 Å². The summed E-state index contributed by atoms with van der Waals surface area (Å²) in [7, 11) is 0. The normalized spacial score (nSPS) is 21.6. The van der Waals surface area contributed by atoms with Crippen molar-refractivity contribution in [2.45, 2.75) is 5.60 Å². The maximum absolute atomic E-state index is 9.22. The van der Waals surface area contributed by atoms with Crippen LogP contribution in [-0.2, 0) is 4.74 Å². The van der Waals surface area contributed by atoms with E-state index in [-0.39, 0.29) is 0 Å². The molecule has 0 radical (unpaired) electrons. The standard InChI is InChI=1S/C6H7BrO2/c7-3-1-2-6(8)4-9-5-6/h8H,3-5H2. The molecule has 9 heavy (non-hydrogen) atoms. The molecule has 1 N–H and O–H groups in total. The Hall–Kier alpha value is -0.0400. The summed E-state index contributed by atoms with van der Waals surface area (Å²) in [4.78, 5) is 0. The van der Waals surface area contributed by atoms with Gasteiger partial charge in [0.05, 0.1) is 18.5 Å². The van der Waals surface area contributed by atoms with Crippen molar-refractivity contribution in [1.82, 2.24) is 0 Å². The first-order valence-electron chi connectivity index (χ1n) is 2.63. The Labute approximate surface area is 62.3 Å². The molecule has 2 nitrogen and oxygen atoms in total. The molecule has 0 aliphatic carbocycles. The van der Waals surface area contributed by atoms with Crippen LogP contribution in [0.5, 0.6) is 0 Å². The molecule has 50 valence electrons. The van der Waals surface area contributed by atoms with Crippen molar-refractivity contribution >= 4 is 15.9 Å². The van der Waals surface area contributed by atoms with Crippen LogP contribution < -0.4 is 0 Å². The van der Waals surface area contributed by atoms with Gasteiger partial charge in [-0.3, -0.25) is 0 Å². The lowest BCUT2D eigenvalue weighted by molar-refractivity contribution is -0.140. The van der Waals surface area contributed by atoms with Crippen LogP contribution in [0.3, 0.4) is 0 Å². The Kier molecular flexibility index (Phi) is 2.12. The Bertz CT molecular complexity index is 152. The Balaban J connectivity index is 2.41. The third-order valence-electron chi connectivity index (χ3n) is 1.07. The van der Waals surface area contributed by atoms with Crippen molar-refractivity contribution in [2.75, 3.05) is 18.5 Å². The van der Waals surface area contributed by atoms with Crippen molar-refractivity contribution in [2.24, 2.45) is 0 Å². The minimum absolute atomic E-state index is 0.354. The van der Waals surface area contributed by atoms with Gasteiger partial charge in [0, 0.05) is 0 Å². The number of hydrogen-bond donors (Lipinski definition) is 1. The average Bonchev–Trinajstić information content (AvgIpc) is 1.79. The van der Waals surface area contributed by atoms with E-state index < -0.39 is 5.60 Å². The van der Waals surface area contributed by atoms with Gasteiger partial charge < -0.3 is 9.84 Å². The molecule has 1 rings (SSSR count).